The van der Waals surface area contributed by atoms with Gasteiger partial charge in [-0.3, -0.25) is 0 Å². The summed E-state index contributed by atoms with van der Waals surface area (Å²) in [4.78, 5) is 0. The molecule has 0 unspecified atom stereocenters. The minimum atomic E-state index is -1.64. The second-order valence-corrected chi connectivity index (χ2v) is 3.88. The quantitative estimate of drug-likeness (QED) is 0.359. The summed E-state index contributed by atoms with van der Waals surface area (Å²) in [6, 6.07) is 3.10. The molecule has 0 amide bonds. The van der Waals surface area contributed by atoms with Crippen LogP contribution in [0.1, 0.15) is 5.56 Å². The SMILES string of the molecule is COCOCc1cc(OCOC)c(OC)cc1B(O)O. The second-order valence-electron chi connectivity index (χ2n) is 3.88. The predicted octanol–water partition coefficient (Wildman–Crippen LogP) is -0.522. The van der Waals surface area contributed by atoms with Crippen molar-refractivity contribution in [3.8, 4) is 11.5 Å². The Morgan fingerprint density at radius 3 is 2.25 bits per heavy atom. The lowest BCUT2D eigenvalue weighted by atomic mass is 9.77. The van der Waals surface area contributed by atoms with Gasteiger partial charge < -0.3 is 33.7 Å². The van der Waals surface area contributed by atoms with Gasteiger partial charge in [0.05, 0.1) is 13.7 Å². The van der Waals surface area contributed by atoms with E-state index in [1.54, 1.807) is 6.07 Å². The van der Waals surface area contributed by atoms with E-state index in [1.807, 2.05) is 0 Å². The van der Waals surface area contributed by atoms with Crippen molar-refractivity contribution in [1.82, 2.24) is 0 Å². The summed E-state index contributed by atoms with van der Waals surface area (Å²) >= 11 is 0. The number of hydrogen-bond donors (Lipinski definition) is 2. The molecule has 2 N–H and O–H groups in total. The van der Waals surface area contributed by atoms with Crippen LogP contribution in [0.25, 0.3) is 0 Å². The molecule has 8 heteroatoms. The third-order valence-electron chi connectivity index (χ3n) is 2.49. The van der Waals surface area contributed by atoms with E-state index < -0.39 is 7.12 Å². The zero-order valence-electron chi connectivity index (χ0n) is 11.8. The molecule has 0 heterocycles. The molecule has 0 saturated carbocycles. The van der Waals surface area contributed by atoms with Crippen LogP contribution in [-0.4, -0.2) is 52.1 Å². The van der Waals surface area contributed by atoms with E-state index in [9.17, 15) is 10.0 Å². The molecule has 1 aromatic rings. The fourth-order valence-corrected chi connectivity index (χ4v) is 1.61. The molecular weight excluding hydrogens is 267 g/mol. The Balaban J connectivity index is 3.03. The molecule has 0 bridgehead atoms. The Labute approximate surface area is 118 Å². The summed E-state index contributed by atoms with van der Waals surface area (Å²) in [7, 11) is 2.83. The average Bonchev–Trinajstić information content (AvgIpc) is 2.44. The summed E-state index contributed by atoms with van der Waals surface area (Å²) in [6.45, 7) is 0.297. The predicted molar refractivity (Wildman–Crippen MR) is 72.0 cm³/mol. The molecule has 1 rings (SSSR count). The Bertz CT molecular complexity index is 411. The van der Waals surface area contributed by atoms with E-state index in [0.29, 0.717) is 17.1 Å². The van der Waals surface area contributed by atoms with Crippen molar-refractivity contribution in [2.45, 2.75) is 6.61 Å². The largest absolute Gasteiger partial charge is 0.493 e. The Kier molecular flexibility index (Phi) is 7.35. The van der Waals surface area contributed by atoms with E-state index in [0.717, 1.165) is 0 Å². The first kappa shape index (κ1) is 16.7. The van der Waals surface area contributed by atoms with Crippen LogP contribution in [0.3, 0.4) is 0 Å². The molecule has 0 aliphatic carbocycles. The third kappa shape index (κ3) is 4.66. The zero-order chi connectivity index (χ0) is 15.0. The molecule has 0 aliphatic rings. The molecule has 0 saturated heterocycles. The highest BCUT2D eigenvalue weighted by Crippen LogP contribution is 2.27. The van der Waals surface area contributed by atoms with Crippen LogP contribution in [0.2, 0.25) is 0 Å². The van der Waals surface area contributed by atoms with Crippen molar-refractivity contribution >= 4 is 12.6 Å². The van der Waals surface area contributed by atoms with Crippen molar-refractivity contribution in [2.24, 2.45) is 0 Å². The molecule has 112 valence electrons. The van der Waals surface area contributed by atoms with Crippen molar-refractivity contribution < 1.29 is 33.7 Å². The van der Waals surface area contributed by atoms with Gasteiger partial charge in [0.1, 0.15) is 6.79 Å². The summed E-state index contributed by atoms with van der Waals surface area (Å²) in [5.41, 5.74) is 0.840. The van der Waals surface area contributed by atoms with Gasteiger partial charge in [-0.2, -0.15) is 0 Å². The number of hydrogen-bond acceptors (Lipinski definition) is 7. The minimum absolute atomic E-state index is 0.0513. The van der Waals surface area contributed by atoms with Crippen molar-refractivity contribution in [3.63, 3.8) is 0 Å². The number of rotatable bonds is 9. The molecule has 1 aromatic carbocycles. The van der Waals surface area contributed by atoms with E-state index >= 15 is 0 Å². The zero-order valence-corrected chi connectivity index (χ0v) is 11.8. The molecule has 0 aliphatic heterocycles. The van der Waals surface area contributed by atoms with Crippen LogP contribution in [0.4, 0.5) is 0 Å². The van der Waals surface area contributed by atoms with Gasteiger partial charge in [0.25, 0.3) is 0 Å². The van der Waals surface area contributed by atoms with Crippen LogP contribution in [0, 0.1) is 0 Å². The normalized spacial score (nSPS) is 10.4. The maximum Gasteiger partial charge on any atom is 0.488 e. The summed E-state index contributed by atoms with van der Waals surface area (Å²) in [6.07, 6.45) is 0. The standard InChI is InChI=1S/C12H19BO7/c1-16-7-19-6-9-4-12(20-8-17-2)11(18-3)5-10(9)13(14)15/h4-5,14-15H,6-8H2,1-3H3. The Hall–Kier alpha value is -1.32. The van der Waals surface area contributed by atoms with Crippen LogP contribution < -0.4 is 14.9 Å². The number of benzene rings is 1. The van der Waals surface area contributed by atoms with Gasteiger partial charge in [0.2, 0.25) is 0 Å². The first-order valence-corrected chi connectivity index (χ1v) is 5.89. The first-order chi connectivity index (χ1) is 9.63. The van der Waals surface area contributed by atoms with Gasteiger partial charge >= 0.3 is 7.12 Å². The fourth-order valence-electron chi connectivity index (χ4n) is 1.61. The summed E-state index contributed by atoms with van der Waals surface area (Å²) < 4.78 is 25.3. The molecule has 0 spiro atoms. The highest BCUT2D eigenvalue weighted by atomic mass is 16.7. The molecule has 0 radical (unpaired) electrons. The lowest BCUT2D eigenvalue weighted by molar-refractivity contribution is -0.0389. The van der Waals surface area contributed by atoms with Crippen molar-refractivity contribution in [1.29, 1.82) is 0 Å². The maximum atomic E-state index is 9.40. The minimum Gasteiger partial charge on any atom is -0.493 e. The van der Waals surface area contributed by atoms with Gasteiger partial charge in [-0.1, -0.05) is 0 Å². The van der Waals surface area contributed by atoms with Gasteiger partial charge in [0, 0.05) is 14.2 Å². The van der Waals surface area contributed by atoms with Crippen LogP contribution in [-0.2, 0) is 20.8 Å². The molecular formula is C12H19BO7. The Morgan fingerprint density at radius 1 is 1.00 bits per heavy atom. The molecule has 20 heavy (non-hydrogen) atoms. The van der Waals surface area contributed by atoms with E-state index in [1.165, 1.54) is 27.4 Å². The summed E-state index contributed by atoms with van der Waals surface area (Å²) in [5, 5.41) is 18.8. The van der Waals surface area contributed by atoms with Gasteiger partial charge in [0.15, 0.2) is 18.3 Å². The van der Waals surface area contributed by atoms with Gasteiger partial charge in [-0.15, -0.1) is 0 Å². The van der Waals surface area contributed by atoms with Crippen LogP contribution in [0.15, 0.2) is 12.1 Å². The van der Waals surface area contributed by atoms with Crippen LogP contribution in [0.5, 0.6) is 11.5 Å². The van der Waals surface area contributed by atoms with Gasteiger partial charge in [-0.25, -0.2) is 0 Å². The number of methoxy groups -OCH3 is 3. The Morgan fingerprint density at radius 2 is 1.70 bits per heavy atom. The monoisotopic (exact) mass is 286 g/mol. The van der Waals surface area contributed by atoms with Crippen LogP contribution >= 0.6 is 0 Å². The lowest BCUT2D eigenvalue weighted by Crippen LogP contribution is -2.33. The first-order valence-electron chi connectivity index (χ1n) is 5.89. The molecule has 0 aromatic heterocycles. The topological polar surface area (TPSA) is 86.6 Å². The third-order valence-corrected chi connectivity index (χ3v) is 2.49. The fraction of sp³-hybridized carbons (Fsp3) is 0.500. The average molecular weight is 286 g/mol. The summed E-state index contributed by atoms with van der Waals surface area (Å²) in [5.74, 6) is 0.801. The van der Waals surface area contributed by atoms with E-state index in [-0.39, 0.29) is 25.7 Å². The van der Waals surface area contributed by atoms with Crippen molar-refractivity contribution in [3.05, 3.63) is 17.7 Å². The molecule has 0 atom stereocenters. The maximum absolute atomic E-state index is 9.40. The lowest BCUT2D eigenvalue weighted by Gasteiger charge is -2.15. The van der Waals surface area contributed by atoms with Gasteiger partial charge in [-0.05, 0) is 23.2 Å². The highest BCUT2D eigenvalue weighted by molar-refractivity contribution is 6.59. The molecule has 7 nitrogen and oxygen atoms in total. The second kappa shape index (κ2) is 8.78. The number of ether oxygens (including phenoxy) is 5. The van der Waals surface area contributed by atoms with E-state index in [4.69, 9.17) is 23.7 Å². The molecule has 0 fully saturated rings. The smallest absolute Gasteiger partial charge is 0.488 e. The van der Waals surface area contributed by atoms with E-state index in [2.05, 4.69) is 0 Å². The highest BCUT2D eigenvalue weighted by Gasteiger charge is 2.20. The van der Waals surface area contributed by atoms with Crippen molar-refractivity contribution in [2.75, 3.05) is 34.9 Å².